The molecule has 1 aliphatic heterocycles. The smallest absolute Gasteiger partial charge is 0.0670 e. The van der Waals surface area contributed by atoms with Gasteiger partial charge in [0.25, 0.3) is 0 Å². The van der Waals surface area contributed by atoms with Crippen LogP contribution in [0.15, 0.2) is 18.2 Å². The normalized spacial score (nSPS) is 16.2. The average Bonchev–Trinajstić information content (AvgIpc) is 2.42. The molecule has 0 aromatic heterocycles. The average molecular weight is 245 g/mol. The van der Waals surface area contributed by atoms with Crippen LogP contribution in [-0.2, 0) is 11.2 Å². The van der Waals surface area contributed by atoms with Crippen LogP contribution in [0.5, 0.6) is 0 Å². The van der Waals surface area contributed by atoms with Crippen LogP contribution in [-0.4, -0.2) is 26.3 Å². The van der Waals surface area contributed by atoms with Gasteiger partial charge in [-0.15, -0.1) is 0 Å². The third-order valence-corrected chi connectivity index (χ3v) is 3.54. The lowest BCUT2D eigenvalue weighted by Gasteiger charge is -2.33. The number of ether oxygens (including phenoxy) is 1. The van der Waals surface area contributed by atoms with Crippen molar-refractivity contribution in [1.82, 2.24) is 0 Å². The molecule has 0 aliphatic carbocycles. The predicted octanol–water partition coefficient (Wildman–Crippen LogP) is 1.95. The highest BCUT2D eigenvalue weighted by molar-refractivity contribution is 5.59. The molecule has 1 aromatic carbocycles. The molecule has 1 aliphatic rings. The maximum atomic E-state index is 8.79. The van der Waals surface area contributed by atoms with Gasteiger partial charge in [0.05, 0.1) is 12.5 Å². The minimum atomic E-state index is 0.362. The second kappa shape index (κ2) is 5.74. The summed E-state index contributed by atoms with van der Waals surface area (Å²) in [6, 6.07) is 8.59. The van der Waals surface area contributed by atoms with Crippen molar-refractivity contribution in [3.63, 3.8) is 0 Å². The van der Waals surface area contributed by atoms with E-state index in [1.54, 1.807) is 0 Å². The molecule has 1 aromatic rings. The molecule has 0 saturated carbocycles. The molecule has 0 spiro atoms. The molecule has 18 heavy (non-hydrogen) atoms. The quantitative estimate of drug-likeness (QED) is 0.827. The first kappa shape index (κ1) is 12.7. The number of hydrogen-bond acceptors (Lipinski definition) is 4. The molecule has 96 valence electrons. The fourth-order valence-corrected chi connectivity index (χ4v) is 2.33. The van der Waals surface area contributed by atoms with E-state index in [9.17, 15) is 0 Å². The zero-order valence-corrected chi connectivity index (χ0v) is 10.7. The summed E-state index contributed by atoms with van der Waals surface area (Å²) < 4.78 is 5.38. The summed E-state index contributed by atoms with van der Waals surface area (Å²) in [4.78, 5) is 2.27. The first-order valence-corrected chi connectivity index (χ1v) is 6.28. The maximum Gasteiger partial charge on any atom is 0.0670 e. The van der Waals surface area contributed by atoms with Crippen molar-refractivity contribution < 1.29 is 4.74 Å². The number of nitrogens with two attached hydrogens (primary N) is 1. The highest BCUT2D eigenvalue weighted by atomic mass is 16.5. The maximum absolute atomic E-state index is 8.79. The Hall–Kier alpha value is -1.73. The van der Waals surface area contributed by atoms with E-state index in [1.807, 2.05) is 18.2 Å². The van der Waals surface area contributed by atoms with E-state index in [0.29, 0.717) is 18.2 Å². The van der Waals surface area contributed by atoms with E-state index in [4.69, 9.17) is 15.7 Å². The lowest BCUT2D eigenvalue weighted by Crippen LogP contribution is -2.36. The molecule has 0 amide bonds. The monoisotopic (exact) mass is 245 g/mol. The molecule has 1 heterocycles. The predicted molar refractivity (Wildman–Crippen MR) is 72.4 cm³/mol. The first-order chi connectivity index (χ1) is 8.72. The molecule has 4 nitrogen and oxygen atoms in total. The van der Waals surface area contributed by atoms with Crippen molar-refractivity contribution in [2.75, 3.05) is 30.9 Å². The summed E-state index contributed by atoms with van der Waals surface area (Å²) in [5.74, 6) is 0. The highest BCUT2D eigenvalue weighted by Gasteiger charge is 2.19. The van der Waals surface area contributed by atoms with Crippen molar-refractivity contribution in [3.05, 3.63) is 23.8 Å². The molecule has 2 N–H and O–H groups in total. The number of nitrogens with zero attached hydrogens (tertiary/aromatic N) is 2. The minimum Gasteiger partial charge on any atom is -0.398 e. The Labute approximate surface area is 108 Å². The Kier molecular flexibility index (Phi) is 4.06. The number of nitrogen functional groups attached to an aromatic ring is 1. The van der Waals surface area contributed by atoms with Crippen molar-refractivity contribution in [2.45, 2.75) is 25.3 Å². The summed E-state index contributed by atoms with van der Waals surface area (Å²) >= 11 is 0. The van der Waals surface area contributed by atoms with Gasteiger partial charge in [-0.25, -0.2) is 0 Å². The molecule has 0 atom stereocenters. The number of rotatable bonds is 3. The van der Waals surface area contributed by atoms with Gasteiger partial charge in [0.2, 0.25) is 0 Å². The zero-order valence-electron chi connectivity index (χ0n) is 10.7. The molecular weight excluding hydrogens is 226 g/mol. The number of nitriles is 1. The van der Waals surface area contributed by atoms with Crippen LogP contribution in [0.25, 0.3) is 0 Å². The SMILES string of the molecule is CN(c1ccc(N)c(CC#N)c1)C1CCOCC1. The second-order valence-corrected chi connectivity index (χ2v) is 4.67. The van der Waals surface area contributed by atoms with Gasteiger partial charge in [-0.3, -0.25) is 0 Å². The van der Waals surface area contributed by atoms with Crippen molar-refractivity contribution in [1.29, 1.82) is 5.26 Å². The van der Waals surface area contributed by atoms with Gasteiger partial charge >= 0.3 is 0 Å². The number of benzene rings is 1. The van der Waals surface area contributed by atoms with Gasteiger partial charge in [-0.05, 0) is 36.6 Å². The van der Waals surface area contributed by atoms with Crippen LogP contribution in [0, 0.1) is 11.3 Å². The fraction of sp³-hybridized carbons (Fsp3) is 0.500. The molecular formula is C14H19N3O. The van der Waals surface area contributed by atoms with Gasteiger partial charge in [-0.2, -0.15) is 5.26 Å². The topological polar surface area (TPSA) is 62.3 Å². The van der Waals surface area contributed by atoms with Gasteiger partial charge in [-0.1, -0.05) is 0 Å². The molecule has 0 radical (unpaired) electrons. The summed E-state index contributed by atoms with van der Waals surface area (Å²) in [7, 11) is 2.09. The third kappa shape index (κ3) is 2.74. The van der Waals surface area contributed by atoms with Gasteiger partial charge in [0.15, 0.2) is 0 Å². The number of anilines is 2. The molecule has 1 saturated heterocycles. The fourth-order valence-electron chi connectivity index (χ4n) is 2.33. The van der Waals surface area contributed by atoms with Crippen molar-refractivity contribution >= 4 is 11.4 Å². The first-order valence-electron chi connectivity index (χ1n) is 6.28. The lowest BCUT2D eigenvalue weighted by molar-refractivity contribution is 0.0855. The van der Waals surface area contributed by atoms with Gasteiger partial charge < -0.3 is 15.4 Å². The summed E-state index contributed by atoms with van der Waals surface area (Å²) in [5, 5.41) is 8.79. The zero-order chi connectivity index (χ0) is 13.0. The summed E-state index contributed by atoms with van der Waals surface area (Å²) in [5.41, 5.74) is 8.60. The summed E-state index contributed by atoms with van der Waals surface area (Å²) in [6.07, 6.45) is 2.46. The molecule has 0 unspecified atom stereocenters. The van der Waals surface area contributed by atoms with Crippen LogP contribution >= 0.6 is 0 Å². The van der Waals surface area contributed by atoms with Crippen LogP contribution in [0.3, 0.4) is 0 Å². The Morgan fingerprint density at radius 1 is 1.44 bits per heavy atom. The standard InChI is InChI=1S/C14H19N3O/c1-17(12-5-8-18-9-6-12)13-2-3-14(16)11(10-13)4-7-15/h2-3,10,12H,4-6,8-9,16H2,1H3. The van der Waals surface area contributed by atoms with E-state index >= 15 is 0 Å². The summed E-state index contributed by atoms with van der Waals surface area (Å²) in [6.45, 7) is 1.66. The van der Waals surface area contributed by atoms with Crippen LogP contribution in [0.2, 0.25) is 0 Å². The third-order valence-electron chi connectivity index (χ3n) is 3.54. The Bertz CT molecular complexity index is 447. The Morgan fingerprint density at radius 3 is 2.83 bits per heavy atom. The van der Waals surface area contributed by atoms with Gasteiger partial charge in [0.1, 0.15) is 0 Å². The van der Waals surface area contributed by atoms with Crippen molar-refractivity contribution in [2.24, 2.45) is 0 Å². The minimum absolute atomic E-state index is 0.362. The largest absolute Gasteiger partial charge is 0.398 e. The molecule has 1 fully saturated rings. The van der Waals surface area contributed by atoms with Crippen molar-refractivity contribution in [3.8, 4) is 6.07 Å². The van der Waals surface area contributed by atoms with E-state index in [0.717, 1.165) is 37.3 Å². The molecule has 4 heteroatoms. The Balaban J connectivity index is 2.16. The number of hydrogen-bond donors (Lipinski definition) is 1. The van der Waals surface area contributed by atoms with Gasteiger partial charge in [0, 0.05) is 37.7 Å². The van der Waals surface area contributed by atoms with E-state index in [1.165, 1.54) is 0 Å². The molecule has 2 rings (SSSR count). The van der Waals surface area contributed by atoms with Crippen LogP contribution in [0.4, 0.5) is 11.4 Å². The Morgan fingerprint density at radius 2 is 2.17 bits per heavy atom. The lowest BCUT2D eigenvalue weighted by atomic mass is 10.0. The van der Waals surface area contributed by atoms with Crippen LogP contribution in [0.1, 0.15) is 18.4 Å². The van der Waals surface area contributed by atoms with E-state index in [-0.39, 0.29) is 0 Å². The molecule has 0 bridgehead atoms. The van der Waals surface area contributed by atoms with E-state index in [2.05, 4.69) is 18.0 Å². The van der Waals surface area contributed by atoms with Crippen LogP contribution < -0.4 is 10.6 Å². The van der Waals surface area contributed by atoms with E-state index < -0.39 is 0 Å². The highest BCUT2D eigenvalue weighted by Crippen LogP contribution is 2.25. The second-order valence-electron chi connectivity index (χ2n) is 4.67.